The van der Waals surface area contributed by atoms with Crippen LogP contribution in [0.5, 0.6) is 5.75 Å². The molecule has 0 saturated carbocycles. The van der Waals surface area contributed by atoms with Crippen molar-refractivity contribution < 1.29 is 99.3 Å². The van der Waals surface area contributed by atoms with Crippen molar-refractivity contribution >= 4 is 10.9 Å². The number of H-pyrrole nitrogens is 1. The SMILES string of the molecule is C#CCO.CC.CCc1c[nH]c2ccc(OO)cc12.[CH3-].[K+].[Y]. The Kier molecular flexibility index (Phi) is 27.6. The zero-order valence-electron chi connectivity index (χ0n) is 14.2. The number of aromatic amines is 1. The van der Waals surface area contributed by atoms with E-state index in [0.29, 0.717) is 5.75 Å². The van der Waals surface area contributed by atoms with E-state index in [-0.39, 0.29) is 98.1 Å². The van der Waals surface area contributed by atoms with Gasteiger partial charge in [-0.2, -0.15) is 0 Å². The molecule has 0 fully saturated rings. The van der Waals surface area contributed by atoms with E-state index in [4.69, 9.17) is 10.4 Å². The van der Waals surface area contributed by atoms with Gasteiger partial charge in [0.25, 0.3) is 0 Å². The molecule has 0 aliphatic rings. The summed E-state index contributed by atoms with van der Waals surface area (Å²) in [6, 6.07) is 5.43. The van der Waals surface area contributed by atoms with Crippen molar-refractivity contribution in [2.75, 3.05) is 6.61 Å². The van der Waals surface area contributed by atoms with E-state index in [1.165, 1.54) is 5.56 Å². The maximum atomic E-state index is 8.49. The summed E-state index contributed by atoms with van der Waals surface area (Å²) in [4.78, 5) is 7.33. The first-order valence-electron chi connectivity index (χ1n) is 6.22. The quantitative estimate of drug-likeness (QED) is 0.226. The standard InChI is InChI=1S/C10H11NO2.C3H4O.C2H6.CH3.K.Y/c1-2-7-6-11-10-4-3-8(13-12)5-9(7)10;1-2-3-4;1-2;;;/h3-6,11-12H,2H2,1H3;1,4H,3H2;1-2H3;1H3;;/q;;;-1;+1;. The predicted molar refractivity (Wildman–Crippen MR) is 84.6 cm³/mol. The second kappa shape index (κ2) is 19.8. The second-order valence-electron chi connectivity index (χ2n) is 3.33. The van der Waals surface area contributed by atoms with Gasteiger partial charge in [0.2, 0.25) is 0 Å². The van der Waals surface area contributed by atoms with Crippen molar-refractivity contribution in [3.63, 3.8) is 0 Å². The average molecular weight is 406 g/mol. The van der Waals surface area contributed by atoms with Gasteiger partial charge in [-0.3, -0.25) is 0 Å². The molecule has 0 amide bonds. The number of aromatic nitrogens is 1. The van der Waals surface area contributed by atoms with Gasteiger partial charge in [0.05, 0.1) is 0 Å². The molecule has 2 rings (SSSR count). The third-order valence-electron chi connectivity index (χ3n) is 2.32. The first kappa shape index (κ1) is 30.6. The number of fused-ring (bicyclic) bond motifs is 1. The van der Waals surface area contributed by atoms with Gasteiger partial charge in [-0.05, 0) is 30.2 Å². The van der Waals surface area contributed by atoms with E-state index < -0.39 is 0 Å². The molecule has 3 N–H and O–H groups in total. The fraction of sp³-hybridized carbons (Fsp3) is 0.312. The zero-order valence-corrected chi connectivity index (χ0v) is 20.1. The molecular formula is C16H24KNO3Y. The van der Waals surface area contributed by atoms with Crippen molar-refractivity contribution in [3.8, 4) is 18.1 Å². The van der Waals surface area contributed by atoms with Crippen LogP contribution in [0.1, 0.15) is 26.3 Å². The molecule has 0 aliphatic heterocycles. The van der Waals surface area contributed by atoms with Gasteiger partial charge < -0.3 is 22.4 Å². The van der Waals surface area contributed by atoms with E-state index >= 15 is 0 Å². The van der Waals surface area contributed by atoms with Gasteiger partial charge in [-0.25, -0.2) is 5.26 Å². The van der Waals surface area contributed by atoms with Gasteiger partial charge in [0, 0.05) is 49.8 Å². The van der Waals surface area contributed by atoms with Crippen LogP contribution in [0.25, 0.3) is 10.9 Å². The van der Waals surface area contributed by atoms with Gasteiger partial charge >= 0.3 is 51.4 Å². The van der Waals surface area contributed by atoms with Crippen molar-refractivity contribution in [3.05, 3.63) is 37.4 Å². The van der Waals surface area contributed by atoms with E-state index in [1.54, 1.807) is 6.07 Å². The van der Waals surface area contributed by atoms with Gasteiger partial charge in [0.15, 0.2) is 5.75 Å². The molecule has 4 nitrogen and oxygen atoms in total. The molecule has 6 heteroatoms. The van der Waals surface area contributed by atoms with Crippen molar-refractivity contribution in [1.29, 1.82) is 0 Å². The Morgan fingerprint density at radius 1 is 1.32 bits per heavy atom. The minimum Gasteiger partial charge on any atom is -0.384 e. The Hall–Kier alpha value is 0.780. The number of rotatable bonds is 2. The Bertz CT molecular complexity index is 524. The molecule has 1 heterocycles. The van der Waals surface area contributed by atoms with E-state index in [1.807, 2.05) is 38.1 Å². The number of aliphatic hydroxyl groups excluding tert-OH is 1. The molecule has 1 radical (unpaired) electrons. The zero-order chi connectivity index (χ0) is 14.7. The van der Waals surface area contributed by atoms with Crippen LogP contribution >= 0.6 is 0 Å². The fourth-order valence-corrected chi connectivity index (χ4v) is 1.51. The molecule has 0 aliphatic carbocycles. The number of nitrogens with one attached hydrogen (secondary N) is 1. The minimum absolute atomic E-state index is 0. The van der Waals surface area contributed by atoms with Crippen LogP contribution in [0, 0.1) is 19.8 Å². The van der Waals surface area contributed by atoms with Crippen LogP contribution in [0.3, 0.4) is 0 Å². The first-order valence-corrected chi connectivity index (χ1v) is 6.22. The fourth-order valence-electron chi connectivity index (χ4n) is 1.51. The molecule has 115 valence electrons. The van der Waals surface area contributed by atoms with Crippen molar-refractivity contribution in [2.24, 2.45) is 0 Å². The van der Waals surface area contributed by atoms with Gasteiger partial charge in [-0.15, -0.1) is 6.42 Å². The molecule has 1 aromatic heterocycles. The molecule has 0 saturated heterocycles. The minimum atomic E-state index is -0.153. The topological polar surface area (TPSA) is 65.5 Å². The maximum Gasteiger partial charge on any atom is 1.00 e. The summed E-state index contributed by atoms with van der Waals surface area (Å²) in [5.41, 5.74) is 2.30. The molecule has 0 bridgehead atoms. The molecule has 2 aromatic rings. The average Bonchev–Trinajstić information content (AvgIpc) is 2.91. The summed E-state index contributed by atoms with van der Waals surface area (Å²) in [5, 5.41) is 17.2. The van der Waals surface area contributed by atoms with Crippen LogP contribution in [0.2, 0.25) is 0 Å². The van der Waals surface area contributed by atoms with Gasteiger partial charge in [0.1, 0.15) is 6.61 Å². The maximum absolute atomic E-state index is 8.49. The third kappa shape index (κ3) is 10.5. The molecule has 1 aromatic carbocycles. The summed E-state index contributed by atoms with van der Waals surface area (Å²) in [6.45, 7) is 5.94. The molecule has 22 heavy (non-hydrogen) atoms. The normalized spacial score (nSPS) is 7.45. The number of aliphatic hydroxyl groups is 1. The number of hydrogen-bond acceptors (Lipinski definition) is 3. The monoisotopic (exact) mass is 406 g/mol. The predicted octanol–water partition coefficient (Wildman–Crippen LogP) is 0.672. The van der Waals surface area contributed by atoms with E-state index in [0.717, 1.165) is 17.3 Å². The summed E-state index contributed by atoms with van der Waals surface area (Å²) >= 11 is 0. The number of terminal acetylenes is 1. The van der Waals surface area contributed by atoms with E-state index in [2.05, 4.69) is 23.2 Å². The van der Waals surface area contributed by atoms with Crippen LogP contribution in [-0.2, 0) is 39.1 Å². The summed E-state index contributed by atoms with van der Waals surface area (Å²) in [6.07, 6.45) is 7.47. The van der Waals surface area contributed by atoms with Gasteiger partial charge in [-0.1, -0.05) is 26.7 Å². The molecule has 0 spiro atoms. The van der Waals surface area contributed by atoms with Crippen LogP contribution < -0.4 is 56.3 Å². The largest absolute Gasteiger partial charge is 1.00 e. The molecular weight excluding hydrogens is 382 g/mol. The Morgan fingerprint density at radius 2 is 1.86 bits per heavy atom. The molecule has 0 atom stereocenters. The summed E-state index contributed by atoms with van der Waals surface area (Å²) < 4.78 is 0. The molecule has 0 unspecified atom stereocenters. The smallest absolute Gasteiger partial charge is 0.384 e. The van der Waals surface area contributed by atoms with Crippen LogP contribution in [0.15, 0.2) is 24.4 Å². The third-order valence-corrected chi connectivity index (χ3v) is 2.32. The van der Waals surface area contributed by atoms with Crippen LogP contribution in [-0.4, -0.2) is 22.0 Å². The van der Waals surface area contributed by atoms with Crippen molar-refractivity contribution in [1.82, 2.24) is 4.98 Å². The number of benzene rings is 1. The van der Waals surface area contributed by atoms with Crippen molar-refractivity contribution in [2.45, 2.75) is 27.2 Å². The Labute approximate surface area is 201 Å². The Balaban J connectivity index is -0.000000159. The number of hydrogen-bond donors (Lipinski definition) is 3. The first-order chi connectivity index (χ1) is 9.26. The Morgan fingerprint density at radius 3 is 2.27 bits per heavy atom. The summed E-state index contributed by atoms with van der Waals surface area (Å²) in [5.74, 6) is 2.46. The van der Waals surface area contributed by atoms with E-state index in [9.17, 15) is 0 Å². The second-order valence-corrected chi connectivity index (χ2v) is 3.33. The van der Waals surface area contributed by atoms with Crippen LogP contribution in [0.4, 0.5) is 0 Å². The summed E-state index contributed by atoms with van der Waals surface area (Å²) in [7, 11) is 0. The number of aryl methyl sites for hydroxylation is 1.